The topological polar surface area (TPSA) is 123 Å². The van der Waals surface area contributed by atoms with Gasteiger partial charge in [0.05, 0.1) is 31.4 Å². The van der Waals surface area contributed by atoms with E-state index in [2.05, 4.69) is 20.3 Å². The Morgan fingerprint density at radius 1 is 1.03 bits per heavy atom. The van der Waals surface area contributed by atoms with Gasteiger partial charge in [0, 0.05) is 20.4 Å². The van der Waals surface area contributed by atoms with Crippen LogP contribution in [0.5, 0.6) is 11.5 Å². The number of aromatic nitrogens is 6. The average Bonchev–Trinajstić information content (AvgIpc) is 3.50. The van der Waals surface area contributed by atoms with Crippen LogP contribution in [0.1, 0.15) is 24.5 Å². The third kappa shape index (κ3) is 5.18. The Labute approximate surface area is 213 Å². The van der Waals surface area contributed by atoms with Gasteiger partial charge in [0.25, 0.3) is 0 Å². The molecule has 2 atom stereocenters. The summed E-state index contributed by atoms with van der Waals surface area (Å²) in [6.07, 6.45) is 1.83. The summed E-state index contributed by atoms with van der Waals surface area (Å²) < 4.78 is 60.4. The molecule has 0 radical (unpaired) electrons. The molecule has 196 valence electrons. The number of para-hydroxylation sites is 1. The molecule has 0 N–H and O–H groups in total. The van der Waals surface area contributed by atoms with Crippen molar-refractivity contribution in [2.24, 2.45) is 7.05 Å². The van der Waals surface area contributed by atoms with Gasteiger partial charge in [0.15, 0.2) is 21.5 Å². The molecule has 13 heteroatoms. The number of nitrogens with zero attached hydrogens (tertiary/aromatic N) is 6. The minimum atomic E-state index is -3.91. The molecule has 1 aromatic carbocycles. The minimum Gasteiger partial charge on any atom is -0.494 e. The zero-order valence-electron chi connectivity index (χ0n) is 21.0. The normalized spacial score (nSPS) is 13.4. The molecule has 0 fully saturated rings. The fourth-order valence-electron chi connectivity index (χ4n) is 4.01. The molecule has 0 bridgehead atoms. The Bertz CT molecular complexity index is 1460. The van der Waals surface area contributed by atoms with Crippen molar-refractivity contribution in [2.45, 2.75) is 24.0 Å². The molecule has 0 aliphatic heterocycles. The monoisotopic (exact) mass is 530 g/mol. The highest BCUT2D eigenvalue weighted by Gasteiger charge is 2.34. The van der Waals surface area contributed by atoms with Crippen LogP contribution in [0, 0.1) is 5.82 Å². The Kier molecular flexibility index (Phi) is 7.55. The molecular formula is C24H27FN6O5S. The van der Waals surface area contributed by atoms with Gasteiger partial charge in [-0.2, -0.15) is 5.10 Å². The molecule has 4 rings (SSSR count). The summed E-state index contributed by atoms with van der Waals surface area (Å²) in [5, 5.41) is 11.9. The van der Waals surface area contributed by atoms with Gasteiger partial charge in [-0.25, -0.2) is 12.8 Å². The number of aryl methyl sites for hydroxylation is 1. The molecule has 0 unspecified atom stereocenters. The lowest BCUT2D eigenvalue weighted by Crippen LogP contribution is -2.29. The molecule has 0 saturated carbocycles. The standard InChI is InChI=1S/C24H27FN6O5S/c1-15(23(36-5)17-10-9-16(25)13-26-17)37(32,33)14-21-27-28-24(18-11-12-30(2)29-18)31(21)22-19(34-3)7-6-8-20(22)35-4/h6-13,15,23H,14H2,1-5H3/t15-,23-/m1/s1. The maximum atomic E-state index is 13.6. The second kappa shape index (κ2) is 10.6. The molecule has 3 aromatic heterocycles. The van der Waals surface area contributed by atoms with E-state index in [1.54, 1.807) is 46.8 Å². The van der Waals surface area contributed by atoms with Crippen molar-refractivity contribution in [1.29, 1.82) is 0 Å². The van der Waals surface area contributed by atoms with Crippen molar-refractivity contribution in [1.82, 2.24) is 29.5 Å². The predicted octanol–water partition coefficient (Wildman–Crippen LogP) is 2.91. The number of methoxy groups -OCH3 is 3. The van der Waals surface area contributed by atoms with E-state index in [0.29, 0.717) is 34.4 Å². The maximum Gasteiger partial charge on any atom is 0.189 e. The molecule has 0 saturated heterocycles. The van der Waals surface area contributed by atoms with Crippen molar-refractivity contribution in [3.05, 3.63) is 66.1 Å². The molecular weight excluding hydrogens is 503 g/mol. The quantitative estimate of drug-likeness (QED) is 0.304. The van der Waals surface area contributed by atoms with Gasteiger partial charge in [0.2, 0.25) is 0 Å². The van der Waals surface area contributed by atoms with Crippen LogP contribution in [0.3, 0.4) is 0 Å². The molecule has 3 heterocycles. The van der Waals surface area contributed by atoms with Gasteiger partial charge in [0.1, 0.15) is 40.6 Å². The van der Waals surface area contributed by atoms with E-state index in [1.165, 1.54) is 40.4 Å². The highest BCUT2D eigenvalue weighted by atomic mass is 32.2. The number of pyridine rings is 1. The van der Waals surface area contributed by atoms with E-state index in [-0.39, 0.29) is 5.82 Å². The molecule has 4 aromatic rings. The molecule has 0 amide bonds. The molecule has 0 spiro atoms. The van der Waals surface area contributed by atoms with Crippen molar-refractivity contribution >= 4 is 9.84 Å². The summed E-state index contributed by atoms with van der Waals surface area (Å²) in [4.78, 5) is 4.01. The second-order valence-electron chi connectivity index (χ2n) is 8.23. The van der Waals surface area contributed by atoms with Crippen molar-refractivity contribution in [3.63, 3.8) is 0 Å². The van der Waals surface area contributed by atoms with E-state index >= 15 is 0 Å². The fraction of sp³-hybridized carbons (Fsp3) is 0.333. The van der Waals surface area contributed by atoms with Crippen LogP contribution in [0.25, 0.3) is 17.2 Å². The maximum absolute atomic E-state index is 13.6. The average molecular weight is 531 g/mol. The summed E-state index contributed by atoms with van der Waals surface area (Å²) >= 11 is 0. The summed E-state index contributed by atoms with van der Waals surface area (Å²) in [5.41, 5.74) is 1.20. The number of sulfone groups is 1. The SMILES string of the molecule is COc1cccc(OC)c1-n1c(CS(=O)(=O)[C@H](C)[C@@H](OC)c2ccc(F)cn2)nnc1-c1ccn(C)n1. The lowest BCUT2D eigenvalue weighted by Gasteiger charge is -2.23. The summed E-state index contributed by atoms with van der Waals surface area (Å²) in [6, 6.07) is 9.55. The Hall–Kier alpha value is -3.84. The summed E-state index contributed by atoms with van der Waals surface area (Å²) in [6.45, 7) is 1.51. The van der Waals surface area contributed by atoms with E-state index in [4.69, 9.17) is 14.2 Å². The van der Waals surface area contributed by atoms with Crippen LogP contribution in [-0.2, 0) is 27.4 Å². The lowest BCUT2D eigenvalue weighted by molar-refractivity contribution is 0.0986. The zero-order chi connectivity index (χ0) is 26.7. The number of benzene rings is 1. The minimum absolute atomic E-state index is 0.122. The van der Waals surface area contributed by atoms with E-state index in [9.17, 15) is 12.8 Å². The molecule has 11 nitrogen and oxygen atoms in total. The van der Waals surface area contributed by atoms with Crippen LogP contribution in [0.15, 0.2) is 48.8 Å². The second-order valence-corrected chi connectivity index (χ2v) is 10.6. The van der Waals surface area contributed by atoms with Gasteiger partial charge < -0.3 is 14.2 Å². The van der Waals surface area contributed by atoms with Gasteiger partial charge in [-0.15, -0.1) is 10.2 Å². The van der Waals surface area contributed by atoms with Crippen molar-refractivity contribution in [2.75, 3.05) is 21.3 Å². The highest BCUT2D eigenvalue weighted by molar-refractivity contribution is 7.91. The predicted molar refractivity (Wildman–Crippen MR) is 133 cm³/mol. The Morgan fingerprint density at radius 2 is 1.73 bits per heavy atom. The van der Waals surface area contributed by atoms with Crippen molar-refractivity contribution in [3.8, 4) is 28.7 Å². The smallest absolute Gasteiger partial charge is 0.189 e. The first-order valence-electron chi connectivity index (χ1n) is 11.2. The van der Waals surface area contributed by atoms with Crippen LogP contribution in [0.2, 0.25) is 0 Å². The van der Waals surface area contributed by atoms with Crippen LogP contribution in [-0.4, -0.2) is 64.5 Å². The number of rotatable bonds is 10. The van der Waals surface area contributed by atoms with E-state index in [0.717, 1.165) is 6.20 Å². The first-order chi connectivity index (χ1) is 17.7. The van der Waals surface area contributed by atoms with Crippen molar-refractivity contribution < 1.29 is 27.0 Å². The Morgan fingerprint density at radius 3 is 2.27 bits per heavy atom. The van der Waals surface area contributed by atoms with E-state index < -0.39 is 32.8 Å². The fourth-order valence-corrected chi connectivity index (χ4v) is 5.44. The van der Waals surface area contributed by atoms with Gasteiger partial charge in [-0.3, -0.25) is 14.2 Å². The Balaban J connectivity index is 1.82. The molecule has 37 heavy (non-hydrogen) atoms. The zero-order valence-corrected chi connectivity index (χ0v) is 21.8. The number of hydrogen-bond acceptors (Lipinski definition) is 9. The summed E-state index contributed by atoms with van der Waals surface area (Å²) in [7, 11) is 2.23. The molecule has 0 aliphatic carbocycles. The molecule has 0 aliphatic rings. The largest absolute Gasteiger partial charge is 0.494 e. The summed E-state index contributed by atoms with van der Waals surface area (Å²) in [5.74, 6) is 0.259. The van der Waals surface area contributed by atoms with Gasteiger partial charge in [-0.1, -0.05) is 6.07 Å². The highest BCUT2D eigenvalue weighted by Crippen LogP contribution is 2.37. The van der Waals surface area contributed by atoms with Crippen LogP contribution in [0.4, 0.5) is 4.39 Å². The number of halogens is 1. The lowest BCUT2D eigenvalue weighted by atomic mass is 10.2. The number of ether oxygens (including phenoxy) is 3. The first kappa shape index (κ1) is 26.2. The van der Waals surface area contributed by atoms with E-state index in [1.807, 2.05) is 0 Å². The van der Waals surface area contributed by atoms with Crippen LogP contribution < -0.4 is 9.47 Å². The first-order valence-corrected chi connectivity index (χ1v) is 12.9. The van der Waals surface area contributed by atoms with Crippen LogP contribution >= 0.6 is 0 Å². The van der Waals surface area contributed by atoms with Gasteiger partial charge >= 0.3 is 0 Å². The third-order valence-electron chi connectivity index (χ3n) is 5.92. The third-order valence-corrected chi connectivity index (χ3v) is 7.96. The number of hydrogen-bond donors (Lipinski definition) is 0. The van der Waals surface area contributed by atoms with Gasteiger partial charge in [-0.05, 0) is 37.3 Å².